The number of allylic oxidation sites excluding steroid dienone is 1. The maximum absolute atomic E-state index is 13.2. The third-order valence-corrected chi connectivity index (χ3v) is 6.79. The van der Waals surface area contributed by atoms with Crippen LogP contribution in [0.4, 0.5) is 9.93 Å². The van der Waals surface area contributed by atoms with E-state index >= 15 is 0 Å². The van der Waals surface area contributed by atoms with Gasteiger partial charge in [-0.05, 0) is 37.0 Å². The van der Waals surface area contributed by atoms with Gasteiger partial charge < -0.3 is 9.64 Å². The summed E-state index contributed by atoms with van der Waals surface area (Å²) in [6, 6.07) is 5.88. The van der Waals surface area contributed by atoms with Gasteiger partial charge in [0.2, 0.25) is 6.23 Å². The molecule has 1 fully saturated rings. The van der Waals surface area contributed by atoms with E-state index in [1.165, 1.54) is 30.6 Å². The highest BCUT2D eigenvalue weighted by molar-refractivity contribution is 7.22. The molecule has 2 heterocycles. The summed E-state index contributed by atoms with van der Waals surface area (Å²) in [6.07, 6.45) is 11.5. The number of benzene rings is 1. The van der Waals surface area contributed by atoms with Crippen molar-refractivity contribution in [1.82, 2.24) is 9.88 Å². The number of ether oxygens (including phenoxy) is 1. The van der Waals surface area contributed by atoms with Crippen LogP contribution in [0.2, 0.25) is 0 Å². The van der Waals surface area contributed by atoms with Crippen molar-refractivity contribution in [2.75, 3.05) is 18.0 Å². The molecule has 0 N–H and O–H groups in total. The Morgan fingerprint density at radius 3 is 2.76 bits per heavy atom. The Balaban J connectivity index is 1.71. The molecule has 3 rings (SSSR count). The highest BCUT2D eigenvalue weighted by Gasteiger charge is 2.41. The summed E-state index contributed by atoms with van der Waals surface area (Å²) in [6.45, 7) is 10.6. The third kappa shape index (κ3) is 6.67. The predicted octanol–water partition coefficient (Wildman–Crippen LogP) is 6.46. The lowest BCUT2D eigenvalue weighted by Gasteiger charge is -2.20. The molecular weight excluding hydrogens is 434 g/mol. The lowest BCUT2D eigenvalue weighted by molar-refractivity contribution is -0.148. The molecule has 1 aliphatic heterocycles. The number of hydrogen-bond donors (Lipinski definition) is 0. The van der Waals surface area contributed by atoms with Gasteiger partial charge in [0.25, 0.3) is 0 Å². The zero-order chi connectivity index (χ0) is 23.6. The number of anilines is 1. The van der Waals surface area contributed by atoms with Crippen LogP contribution in [0.3, 0.4) is 0 Å². The van der Waals surface area contributed by atoms with Crippen molar-refractivity contribution in [3.8, 4) is 0 Å². The van der Waals surface area contributed by atoms with E-state index in [0.717, 1.165) is 41.5 Å². The van der Waals surface area contributed by atoms with E-state index in [2.05, 4.69) is 31.1 Å². The molecule has 1 unspecified atom stereocenters. The number of esters is 1. The van der Waals surface area contributed by atoms with Crippen LogP contribution in [0.1, 0.15) is 63.9 Å². The smallest absolute Gasteiger partial charge is 0.329 e. The number of unbranched alkanes of at least 4 members (excludes halogenated alkanes) is 5. The Kier molecular flexibility index (Phi) is 9.48. The average molecular weight is 470 g/mol. The van der Waals surface area contributed by atoms with Gasteiger partial charge >= 0.3 is 12.0 Å². The molecule has 0 spiro atoms. The van der Waals surface area contributed by atoms with Gasteiger partial charge in [0.05, 0.1) is 16.8 Å². The van der Waals surface area contributed by atoms with E-state index in [1.807, 2.05) is 18.2 Å². The van der Waals surface area contributed by atoms with Crippen molar-refractivity contribution < 1.29 is 14.3 Å². The lowest BCUT2D eigenvalue weighted by Crippen LogP contribution is -2.37. The number of amides is 2. The van der Waals surface area contributed by atoms with Gasteiger partial charge in [0.15, 0.2) is 5.13 Å². The molecular formula is C26H35N3O3S. The van der Waals surface area contributed by atoms with Crippen LogP contribution >= 0.6 is 11.3 Å². The Hall–Kier alpha value is -2.67. The number of nitrogens with zero attached hydrogens (tertiary/aromatic N) is 3. The lowest BCUT2D eigenvalue weighted by atomic mass is 10.1. The molecule has 33 heavy (non-hydrogen) atoms. The molecule has 1 atom stereocenters. The molecule has 178 valence electrons. The fraction of sp³-hybridized carbons (Fsp3) is 0.500. The second-order valence-corrected chi connectivity index (χ2v) is 9.44. The van der Waals surface area contributed by atoms with Crippen LogP contribution in [0.15, 0.2) is 43.5 Å². The van der Waals surface area contributed by atoms with Crippen molar-refractivity contribution in [2.24, 2.45) is 0 Å². The number of carbonyl (C=O) groups is 2. The maximum atomic E-state index is 13.2. The molecule has 2 aromatic rings. The molecule has 0 radical (unpaired) electrons. The van der Waals surface area contributed by atoms with Crippen LogP contribution < -0.4 is 4.90 Å². The van der Waals surface area contributed by atoms with Crippen LogP contribution in [0.5, 0.6) is 0 Å². The maximum Gasteiger partial charge on any atom is 0.329 e. The summed E-state index contributed by atoms with van der Waals surface area (Å²) in [5.41, 5.74) is 1.98. The number of thiazole rings is 1. The Morgan fingerprint density at radius 2 is 2.00 bits per heavy atom. The van der Waals surface area contributed by atoms with E-state index in [9.17, 15) is 9.59 Å². The molecule has 1 aromatic heterocycles. The van der Waals surface area contributed by atoms with Crippen molar-refractivity contribution in [1.29, 1.82) is 0 Å². The number of hydrogen-bond acceptors (Lipinski definition) is 5. The summed E-state index contributed by atoms with van der Waals surface area (Å²) >= 11 is 1.45. The van der Waals surface area contributed by atoms with Gasteiger partial charge in [-0.15, -0.1) is 13.2 Å². The Labute approximate surface area is 200 Å². The van der Waals surface area contributed by atoms with Crippen LogP contribution in [0.25, 0.3) is 10.2 Å². The number of aromatic nitrogens is 1. The van der Waals surface area contributed by atoms with Gasteiger partial charge in [-0.25, -0.2) is 14.7 Å². The normalized spacial score (nSPS) is 15.9. The average Bonchev–Trinajstić information content (AvgIpc) is 3.34. The first kappa shape index (κ1) is 25.0. The Bertz CT molecular complexity index is 971. The van der Waals surface area contributed by atoms with Gasteiger partial charge in [-0.1, -0.05) is 68.6 Å². The first-order chi connectivity index (χ1) is 16.1. The van der Waals surface area contributed by atoms with Crippen molar-refractivity contribution in [2.45, 2.75) is 70.9 Å². The fourth-order valence-electron chi connectivity index (χ4n) is 3.97. The second-order valence-electron chi connectivity index (χ2n) is 8.43. The largest absolute Gasteiger partial charge is 0.439 e. The van der Waals surface area contributed by atoms with Gasteiger partial charge in [-0.2, -0.15) is 0 Å². The molecule has 7 heteroatoms. The molecule has 1 aliphatic rings. The Morgan fingerprint density at radius 1 is 1.21 bits per heavy atom. The summed E-state index contributed by atoms with van der Waals surface area (Å²) in [7, 11) is 0. The summed E-state index contributed by atoms with van der Waals surface area (Å²) < 4.78 is 6.80. The molecule has 2 amide bonds. The van der Waals surface area contributed by atoms with E-state index in [0.29, 0.717) is 31.1 Å². The number of rotatable bonds is 14. The van der Waals surface area contributed by atoms with Crippen molar-refractivity contribution >= 4 is 38.7 Å². The molecule has 0 aliphatic carbocycles. The van der Waals surface area contributed by atoms with Gasteiger partial charge in [0, 0.05) is 13.0 Å². The monoisotopic (exact) mass is 469 g/mol. The first-order valence-corrected chi connectivity index (χ1v) is 12.8. The summed E-state index contributed by atoms with van der Waals surface area (Å²) in [5.74, 6) is -0.256. The quantitative estimate of drug-likeness (QED) is 0.181. The van der Waals surface area contributed by atoms with E-state index in [1.54, 1.807) is 15.9 Å². The molecule has 0 bridgehead atoms. The van der Waals surface area contributed by atoms with E-state index in [-0.39, 0.29) is 12.0 Å². The van der Waals surface area contributed by atoms with Crippen molar-refractivity contribution in [3.63, 3.8) is 0 Å². The highest BCUT2D eigenvalue weighted by atomic mass is 32.1. The van der Waals surface area contributed by atoms with Gasteiger partial charge in [-0.3, -0.25) is 4.79 Å². The van der Waals surface area contributed by atoms with E-state index in [4.69, 9.17) is 4.74 Å². The third-order valence-electron chi connectivity index (χ3n) is 5.77. The first-order valence-electron chi connectivity index (χ1n) is 12.0. The summed E-state index contributed by atoms with van der Waals surface area (Å²) in [4.78, 5) is 33.7. The minimum Gasteiger partial charge on any atom is -0.439 e. The molecule has 6 nitrogen and oxygen atoms in total. The fourth-order valence-corrected chi connectivity index (χ4v) is 5.03. The summed E-state index contributed by atoms with van der Waals surface area (Å²) in [5, 5.41) is 0.559. The van der Waals surface area contributed by atoms with Crippen molar-refractivity contribution in [3.05, 3.63) is 49.1 Å². The minimum atomic E-state index is -0.664. The second kappa shape index (κ2) is 12.5. The number of fused-ring (bicyclic) bond motifs is 1. The standard InChI is InChI=1S/C26H35N3O3S/c1-4-7-9-10-11-12-14-24(30)32-23-19-28(17-8-5-2)26(31)29(23)25-27-21-16-15-20(13-6-3)18-22(21)33-25/h5-6,15-16,18,23H,2-4,7-14,17,19H2,1H3. The van der Waals surface area contributed by atoms with E-state index < -0.39 is 6.23 Å². The number of carbonyl (C=O) groups excluding carboxylic acids is 2. The molecule has 0 saturated carbocycles. The minimum absolute atomic E-state index is 0.181. The van der Waals surface area contributed by atoms with Crippen LogP contribution in [0, 0.1) is 0 Å². The number of urea groups is 1. The molecule has 1 saturated heterocycles. The SMILES string of the molecule is C=CCCN1CC(OC(=O)CCCCCCCC)N(c2nc3ccc(CC=C)cc3s2)C1=O. The molecule has 1 aromatic carbocycles. The predicted molar refractivity (Wildman–Crippen MR) is 136 cm³/mol. The van der Waals surface area contributed by atoms with Gasteiger partial charge in [0.1, 0.15) is 0 Å². The topological polar surface area (TPSA) is 62.7 Å². The van der Waals surface area contributed by atoms with Crippen LogP contribution in [-0.2, 0) is 16.0 Å². The van der Waals surface area contributed by atoms with Crippen LogP contribution in [-0.4, -0.2) is 41.2 Å². The highest BCUT2D eigenvalue weighted by Crippen LogP contribution is 2.34. The zero-order valence-electron chi connectivity index (χ0n) is 19.6. The zero-order valence-corrected chi connectivity index (χ0v) is 20.4.